The number of anilines is 1. The molecule has 0 aliphatic heterocycles. The molecule has 0 saturated carbocycles. The molecule has 3 heterocycles. The normalized spacial score (nSPS) is 13.4. The average Bonchev–Trinajstić information content (AvgIpc) is 3.53. The lowest BCUT2D eigenvalue weighted by Crippen LogP contribution is -2.40. The summed E-state index contributed by atoms with van der Waals surface area (Å²) in [5.41, 5.74) is 6.97. The first-order valence-corrected chi connectivity index (χ1v) is 13.7. The number of fused-ring (bicyclic) bond motifs is 1. The fourth-order valence-corrected chi connectivity index (χ4v) is 4.93. The van der Waals surface area contributed by atoms with E-state index in [1.54, 1.807) is 9.20 Å². The predicted molar refractivity (Wildman–Crippen MR) is 154 cm³/mol. The van der Waals surface area contributed by atoms with Crippen molar-refractivity contribution in [3.63, 3.8) is 0 Å². The van der Waals surface area contributed by atoms with Gasteiger partial charge in [-0.25, -0.2) is 18.4 Å². The van der Waals surface area contributed by atoms with Gasteiger partial charge in [-0.05, 0) is 51.5 Å². The number of hydrogen-bond donors (Lipinski definition) is 2. The van der Waals surface area contributed by atoms with E-state index in [1.807, 2.05) is 108 Å². The first-order valence-electron chi connectivity index (χ1n) is 12.6. The Bertz CT molecular complexity index is 1650. The summed E-state index contributed by atoms with van der Waals surface area (Å²) in [6.07, 6.45) is 7.24. The second-order valence-corrected chi connectivity index (χ2v) is 12.5. The molecule has 200 valence electrons. The molecule has 1 amide bonds. The van der Waals surface area contributed by atoms with Gasteiger partial charge in [0.1, 0.15) is 12.4 Å². The van der Waals surface area contributed by atoms with E-state index in [0.29, 0.717) is 5.69 Å². The summed E-state index contributed by atoms with van der Waals surface area (Å²) in [5.74, 6) is -0.290. The fourth-order valence-electron chi connectivity index (χ4n) is 4.12. The number of amides is 1. The van der Waals surface area contributed by atoms with Gasteiger partial charge in [0.15, 0.2) is 0 Å². The van der Waals surface area contributed by atoms with Crippen molar-refractivity contribution in [1.29, 1.82) is 0 Å². The van der Waals surface area contributed by atoms with Crippen molar-refractivity contribution in [3.8, 4) is 22.4 Å². The Morgan fingerprint density at radius 1 is 0.949 bits per heavy atom. The Kier molecular flexibility index (Phi) is 7.16. The van der Waals surface area contributed by atoms with E-state index < -0.39 is 21.8 Å². The maximum absolute atomic E-state index is 13.4. The van der Waals surface area contributed by atoms with E-state index in [4.69, 9.17) is 0 Å². The lowest BCUT2D eigenvalue weighted by molar-refractivity contribution is -0.117. The van der Waals surface area contributed by atoms with Crippen LogP contribution in [0.2, 0.25) is 0 Å². The number of carbonyl (C=O) groups excluding carboxylic acids is 1. The highest BCUT2D eigenvalue weighted by atomic mass is 32.2. The molecule has 5 aromatic rings. The van der Waals surface area contributed by atoms with Gasteiger partial charge in [-0.3, -0.25) is 9.48 Å². The first kappa shape index (κ1) is 26.5. The maximum Gasteiger partial charge on any atom is 0.247 e. The number of nitrogens with zero attached hydrogens (tertiary/aromatic N) is 5. The van der Waals surface area contributed by atoms with Crippen molar-refractivity contribution >= 4 is 28.1 Å². The van der Waals surface area contributed by atoms with Crippen LogP contribution in [0.3, 0.4) is 0 Å². The molecule has 0 fully saturated rings. The van der Waals surface area contributed by atoms with Crippen LogP contribution in [0.25, 0.3) is 27.9 Å². The zero-order valence-corrected chi connectivity index (χ0v) is 23.4. The lowest BCUT2D eigenvalue weighted by Gasteiger charge is -2.24. The van der Waals surface area contributed by atoms with Crippen molar-refractivity contribution < 1.29 is 9.00 Å². The number of aromatic nitrogens is 5. The molecule has 0 bridgehead atoms. The summed E-state index contributed by atoms with van der Waals surface area (Å²) < 4.78 is 18.9. The molecule has 9 nitrogen and oxygen atoms in total. The third kappa shape index (κ3) is 5.81. The lowest BCUT2D eigenvalue weighted by atomic mass is 10.0. The first-order chi connectivity index (χ1) is 18.6. The number of aryl methyl sites for hydroxylation is 2. The Hall–Kier alpha value is -4.15. The molecule has 5 rings (SSSR count). The summed E-state index contributed by atoms with van der Waals surface area (Å²) in [6, 6.07) is 16.4. The van der Waals surface area contributed by atoms with Crippen LogP contribution < -0.4 is 10.0 Å². The number of carbonyl (C=O) groups is 1. The summed E-state index contributed by atoms with van der Waals surface area (Å²) in [7, 11) is 0.446. The quantitative estimate of drug-likeness (QED) is 0.307. The molecular formula is C29H31N7O2S. The van der Waals surface area contributed by atoms with Crippen molar-refractivity contribution in [2.75, 3.05) is 5.32 Å². The van der Waals surface area contributed by atoms with Gasteiger partial charge in [0.2, 0.25) is 5.91 Å². The molecular weight excluding hydrogens is 510 g/mol. The second kappa shape index (κ2) is 10.5. The predicted octanol–water partition coefficient (Wildman–Crippen LogP) is 4.84. The number of hydrogen-bond acceptors (Lipinski definition) is 5. The molecule has 0 aliphatic rings. The Morgan fingerprint density at radius 3 is 2.31 bits per heavy atom. The highest BCUT2D eigenvalue weighted by molar-refractivity contribution is 7.84. The average molecular weight is 542 g/mol. The minimum Gasteiger partial charge on any atom is -0.324 e. The highest BCUT2D eigenvalue weighted by Gasteiger charge is 2.28. The molecule has 39 heavy (non-hydrogen) atoms. The van der Waals surface area contributed by atoms with Crippen molar-refractivity contribution in [3.05, 3.63) is 90.6 Å². The molecule has 0 radical (unpaired) electrons. The van der Waals surface area contributed by atoms with Crippen LogP contribution in [-0.2, 0) is 22.8 Å². The number of benzene rings is 2. The van der Waals surface area contributed by atoms with Crippen LogP contribution in [0.5, 0.6) is 0 Å². The third-order valence-corrected chi connectivity index (χ3v) is 7.89. The van der Waals surface area contributed by atoms with Crippen molar-refractivity contribution in [2.24, 2.45) is 7.05 Å². The molecule has 3 aromatic heterocycles. The van der Waals surface area contributed by atoms with E-state index in [0.717, 1.165) is 39.0 Å². The fraction of sp³-hybridized carbons (Fsp3) is 0.241. The Morgan fingerprint density at radius 2 is 1.67 bits per heavy atom. The number of nitrogens with one attached hydrogen (secondary N) is 2. The van der Waals surface area contributed by atoms with Gasteiger partial charge in [-0.15, -0.1) is 0 Å². The van der Waals surface area contributed by atoms with E-state index in [-0.39, 0.29) is 5.91 Å². The summed E-state index contributed by atoms with van der Waals surface area (Å²) in [6.45, 7) is 7.59. The zero-order chi connectivity index (χ0) is 27.7. The SMILES string of the molecule is Cc1ccc(C(NS(=O)C(C)(C)C)C(=O)Nc2ccc(-c3ncnn4cc(-c5cnn(C)c5)cc34)cc2)cc1. The van der Waals surface area contributed by atoms with Crippen LogP contribution in [0.15, 0.2) is 79.5 Å². The van der Waals surface area contributed by atoms with E-state index in [1.165, 1.54) is 6.33 Å². The molecule has 0 saturated heterocycles. The Labute approximate surface area is 229 Å². The van der Waals surface area contributed by atoms with Gasteiger partial charge >= 0.3 is 0 Å². The van der Waals surface area contributed by atoms with Crippen molar-refractivity contribution in [2.45, 2.75) is 38.5 Å². The molecule has 0 aliphatic carbocycles. The van der Waals surface area contributed by atoms with Gasteiger partial charge in [0.25, 0.3) is 0 Å². The smallest absolute Gasteiger partial charge is 0.247 e. The van der Waals surface area contributed by atoms with Gasteiger partial charge in [0.05, 0.1) is 33.1 Å². The van der Waals surface area contributed by atoms with E-state index >= 15 is 0 Å². The summed E-state index contributed by atoms with van der Waals surface area (Å²) in [4.78, 5) is 17.9. The second-order valence-electron chi connectivity index (χ2n) is 10.5. The zero-order valence-electron chi connectivity index (χ0n) is 22.5. The highest BCUT2D eigenvalue weighted by Crippen LogP contribution is 2.29. The summed E-state index contributed by atoms with van der Waals surface area (Å²) in [5, 5.41) is 11.6. The minimum absolute atomic E-state index is 0.290. The summed E-state index contributed by atoms with van der Waals surface area (Å²) >= 11 is 0. The monoisotopic (exact) mass is 541 g/mol. The molecule has 2 unspecified atom stereocenters. The molecule has 2 aromatic carbocycles. The van der Waals surface area contributed by atoms with Crippen LogP contribution in [-0.4, -0.2) is 39.2 Å². The molecule has 10 heteroatoms. The third-order valence-electron chi connectivity index (χ3n) is 6.32. The van der Waals surface area contributed by atoms with Crippen LogP contribution in [0, 0.1) is 6.92 Å². The van der Waals surface area contributed by atoms with Crippen LogP contribution in [0.4, 0.5) is 5.69 Å². The molecule has 2 N–H and O–H groups in total. The standard InChI is InChI=1S/C29H31N7O2S/c1-19-6-8-21(9-7-19)27(34-39(38)29(2,3)4)28(37)33-24-12-10-20(11-13-24)26-25-14-22(17-36(25)32-18-30-26)23-15-31-35(5)16-23/h6-18,27,34H,1-5H3,(H,33,37). The van der Waals surface area contributed by atoms with Crippen LogP contribution in [0.1, 0.15) is 37.9 Å². The van der Waals surface area contributed by atoms with Gasteiger partial charge < -0.3 is 5.32 Å². The van der Waals surface area contributed by atoms with E-state index in [2.05, 4.69) is 25.2 Å². The molecule has 2 atom stereocenters. The van der Waals surface area contributed by atoms with Gasteiger partial charge in [0, 0.05) is 41.8 Å². The van der Waals surface area contributed by atoms with E-state index in [9.17, 15) is 9.00 Å². The molecule has 0 spiro atoms. The Balaban J connectivity index is 1.39. The van der Waals surface area contributed by atoms with Crippen molar-refractivity contribution in [1.82, 2.24) is 29.1 Å². The largest absolute Gasteiger partial charge is 0.324 e. The van der Waals surface area contributed by atoms with Gasteiger partial charge in [-0.2, -0.15) is 10.2 Å². The van der Waals surface area contributed by atoms with Gasteiger partial charge in [-0.1, -0.05) is 42.0 Å². The topological polar surface area (TPSA) is 106 Å². The number of rotatable bonds is 7. The van der Waals surface area contributed by atoms with Crippen LogP contribution >= 0.6 is 0 Å². The maximum atomic E-state index is 13.4. The minimum atomic E-state index is -1.44.